The zero-order valence-corrected chi connectivity index (χ0v) is 18.6. The number of hydrogen-bond acceptors (Lipinski definition) is 6. The third kappa shape index (κ3) is 4.83. The molecule has 0 saturated carbocycles. The van der Waals surface area contributed by atoms with E-state index >= 15 is 0 Å². The molecule has 1 aromatic heterocycles. The van der Waals surface area contributed by atoms with Gasteiger partial charge in [0.15, 0.2) is 0 Å². The number of nitrogens with zero attached hydrogens (tertiary/aromatic N) is 3. The molecule has 1 N–H and O–H groups in total. The standard InChI is InChI=1S/C21H19ClN4O2S2/c1-13-7-8-15(10-17(13)22)26-11-14(9-19(26)28)20-24-25-21(30-20)23-18(27)12-29-16-5-3-2-4-6-16/h2-8,10,14H,9,11-12H2,1H3,(H,23,25,27)/t14-/m0/s1. The Bertz CT molecular complexity index is 1070. The third-order valence-electron chi connectivity index (χ3n) is 4.74. The largest absolute Gasteiger partial charge is 0.312 e. The Morgan fingerprint density at radius 1 is 1.27 bits per heavy atom. The number of amides is 2. The smallest absolute Gasteiger partial charge is 0.236 e. The van der Waals surface area contributed by atoms with Crippen molar-refractivity contribution in [2.45, 2.75) is 24.2 Å². The van der Waals surface area contributed by atoms with E-state index in [0.717, 1.165) is 21.2 Å². The Balaban J connectivity index is 1.36. The van der Waals surface area contributed by atoms with Gasteiger partial charge in [-0.3, -0.25) is 14.9 Å². The molecule has 30 heavy (non-hydrogen) atoms. The number of thioether (sulfide) groups is 1. The summed E-state index contributed by atoms with van der Waals surface area (Å²) in [6.45, 7) is 2.45. The lowest BCUT2D eigenvalue weighted by molar-refractivity contribution is -0.117. The number of aromatic nitrogens is 2. The van der Waals surface area contributed by atoms with Crippen molar-refractivity contribution in [3.05, 3.63) is 64.1 Å². The van der Waals surface area contributed by atoms with Crippen molar-refractivity contribution in [2.24, 2.45) is 0 Å². The van der Waals surface area contributed by atoms with Gasteiger partial charge in [0.05, 0.1) is 5.75 Å². The minimum atomic E-state index is -0.134. The zero-order valence-electron chi connectivity index (χ0n) is 16.2. The van der Waals surface area contributed by atoms with Crippen molar-refractivity contribution in [1.82, 2.24) is 10.2 Å². The summed E-state index contributed by atoms with van der Waals surface area (Å²) < 4.78 is 0. The molecule has 0 aliphatic carbocycles. The molecule has 1 fully saturated rings. The highest BCUT2D eigenvalue weighted by molar-refractivity contribution is 8.00. The molecular weight excluding hydrogens is 440 g/mol. The van der Waals surface area contributed by atoms with Gasteiger partial charge in [-0.25, -0.2) is 0 Å². The van der Waals surface area contributed by atoms with Crippen molar-refractivity contribution >= 4 is 57.3 Å². The van der Waals surface area contributed by atoms with Crippen LogP contribution in [-0.2, 0) is 9.59 Å². The third-order valence-corrected chi connectivity index (χ3v) is 7.16. The van der Waals surface area contributed by atoms with E-state index in [2.05, 4.69) is 15.5 Å². The molecule has 1 aliphatic heterocycles. The van der Waals surface area contributed by atoms with E-state index in [0.29, 0.717) is 28.9 Å². The Hall–Kier alpha value is -2.42. The van der Waals surface area contributed by atoms with Crippen LogP contribution in [0.5, 0.6) is 0 Å². The van der Waals surface area contributed by atoms with Crippen molar-refractivity contribution < 1.29 is 9.59 Å². The van der Waals surface area contributed by atoms with Crippen molar-refractivity contribution in [1.29, 1.82) is 0 Å². The first kappa shape index (κ1) is 20.8. The molecule has 6 nitrogen and oxygen atoms in total. The van der Waals surface area contributed by atoms with Crippen LogP contribution in [0.15, 0.2) is 53.4 Å². The maximum atomic E-state index is 12.5. The second-order valence-corrected chi connectivity index (χ2v) is 9.40. The topological polar surface area (TPSA) is 75.2 Å². The molecule has 3 aromatic rings. The van der Waals surface area contributed by atoms with Gasteiger partial charge in [0.2, 0.25) is 16.9 Å². The van der Waals surface area contributed by atoms with E-state index in [1.165, 1.54) is 23.1 Å². The second-order valence-electron chi connectivity index (χ2n) is 6.93. The zero-order chi connectivity index (χ0) is 21.1. The molecule has 1 saturated heterocycles. The van der Waals surface area contributed by atoms with Crippen LogP contribution in [0.25, 0.3) is 0 Å². The number of hydrogen-bond donors (Lipinski definition) is 1. The van der Waals surface area contributed by atoms with Crippen LogP contribution in [0.2, 0.25) is 5.02 Å². The van der Waals surface area contributed by atoms with Gasteiger partial charge in [0.25, 0.3) is 0 Å². The van der Waals surface area contributed by atoms with Gasteiger partial charge in [-0.1, -0.05) is 47.2 Å². The summed E-state index contributed by atoms with van der Waals surface area (Å²) in [5, 5.41) is 12.9. The molecule has 2 amide bonds. The van der Waals surface area contributed by atoms with Crippen LogP contribution in [0, 0.1) is 6.92 Å². The van der Waals surface area contributed by atoms with Crippen LogP contribution >= 0.6 is 34.7 Å². The number of halogens is 1. The molecule has 1 atom stereocenters. The number of carbonyl (C=O) groups excluding carboxylic acids is 2. The SMILES string of the molecule is Cc1ccc(N2C[C@@H](c3nnc(NC(=O)CSc4ccccc4)s3)CC2=O)cc1Cl. The van der Waals surface area contributed by atoms with E-state index < -0.39 is 0 Å². The molecule has 154 valence electrons. The number of nitrogens with one attached hydrogen (secondary N) is 1. The average molecular weight is 459 g/mol. The predicted octanol–water partition coefficient (Wildman–Crippen LogP) is 4.75. The quantitative estimate of drug-likeness (QED) is 0.539. The Kier molecular flexibility index (Phi) is 6.36. The van der Waals surface area contributed by atoms with Crippen molar-refractivity contribution in [2.75, 3.05) is 22.5 Å². The molecule has 9 heteroatoms. The number of rotatable bonds is 6. The monoisotopic (exact) mass is 458 g/mol. The first-order chi connectivity index (χ1) is 14.5. The van der Waals surface area contributed by atoms with Gasteiger partial charge in [0.1, 0.15) is 5.01 Å². The summed E-state index contributed by atoms with van der Waals surface area (Å²) in [5.41, 5.74) is 1.76. The van der Waals surface area contributed by atoms with Crippen LogP contribution in [0.4, 0.5) is 10.8 Å². The first-order valence-corrected chi connectivity index (χ1v) is 11.5. The van der Waals surface area contributed by atoms with Crippen LogP contribution in [-0.4, -0.2) is 34.3 Å². The van der Waals surface area contributed by atoms with Crippen LogP contribution in [0.1, 0.15) is 22.9 Å². The Morgan fingerprint density at radius 3 is 2.83 bits per heavy atom. The number of carbonyl (C=O) groups is 2. The number of benzene rings is 2. The lowest BCUT2D eigenvalue weighted by Crippen LogP contribution is -2.24. The number of anilines is 2. The van der Waals surface area contributed by atoms with Gasteiger partial charge in [-0.2, -0.15) is 0 Å². The van der Waals surface area contributed by atoms with E-state index in [1.54, 1.807) is 4.90 Å². The van der Waals surface area contributed by atoms with Gasteiger partial charge in [0, 0.05) is 34.5 Å². The summed E-state index contributed by atoms with van der Waals surface area (Å²) in [4.78, 5) is 27.5. The summed E-state index contributed by atoms with van der Waals surface area (Å²) >= 11 is 8.99. The van der Waals surface area contributed by atoms with Crippen molar-refractivity contribution in [3.8, 4) is 0 Å². The van der Waals surface area contributed by atoms with Crippen LogP contribution < -0.4 is 10.2 Å². The molecule has 2 aromatic carbocycles. The lowest BCUT2D eigenvalue weighted by atomic mass is 10.1. The van der Waals surface area contributed by atoms with Gasteiger partial charge < -0.3 is 4.90 Å². The summed E-state index contributed by atoms with van der Waals surface area (Å²) in [6.07, 6.45) is 0.359. The van der Waals surface area contributed by atoms with Gasteiger partial charge in [-0.05, 0) is 36.8 Å². The molecule has 0 bridgehead atoms. The summed E-state index contributed by atoms with van der Waals surface area (Å²) in [6, 6.07) is 15.4. The molecule has 4 rings (SSSR count). The minimum absolute atomic E-state index is 0.0277. The average Bonchev–Trinajstić information content (AvgIpc) is 3.36. The number of aryl methyl sites for hydroxylation is 1. The maximum absolute atomic E-state index is 12.5. The van der Waals surface area contributed by atoms with Gasteiger partial charge >= 0.3 is 0 Å². The molecule has 2 heterocycles. The normalized spacial score (nSPS) is 16.1. The van der Waals surface area contributed by atoms with Gasteiger partial charge in [-0.15, -0.1) is 22.0 Å². The minimum Gasteiger partial charge on any atom is -0.312 e. The fraction of sp³-hybridized carbons (Fsp3) is 0.238. The van der Waals surface area contributed by atoms with Crippen LogP contribution in [0.3, 0.4) is 0 Å². The maximum Gasteiger partial charge on any atom is 0.236 e. The molecule has 0 spiro atoms. The highest BCUT2D eigenvalue weighted by atomic mass is 35.5. The Morgan fingerprint density at radius 2 is 2.07 bits per heavy atom. The van der Waals surface area contributed by atoms with Crippen molar-refractivity contribution in [3.63, 3.8) is 0 Å². The van der Waals surface area contributed by atoms with E-state index in [1.807, 2.05) is 55.5 Å². The molecular formula is C21H19ClN4O2S2. The molecule has 0 unspecified atom stereocenters. The van der Waals surface area contributed by atoms with E-state index in [4.69, 9.17) is 11.6 Å². The van der Waals surface area contributed by atoms with E-state index in [-0.39, 0.29) is 17.7 Å². The summed E-state index contributed by atoms with van der Waals surface area (Å²) in [7, 11) is 0. The van der Waals surface area contributed by atoms with E-state index in [9.17, 15) is 9.59 Å². The highest BCUT2D eigenvalue weighted by Gasteiger charge is 2.34. The predicted molar refractivity (Wildman–Crippen MR) is 122 cm³/mol. The first-order valence-electron chi connectivity index (χ1n) is 9.37. The lowest BCUT2D eigenvalue weighted by Gasteiger charge is -2.17. The summed E-state index contributed by atoms with van der Waals surface area (Å²) in [5.74, 6) is 0.132. The molecule has 1 aliphatic rings. The fourth-order valence-electron chi connectivity index (χ4n) is 3.14. The Labute approximate surface area is 187 Å². The molecule has 0 radical (unpaired) electrons. The fourth-order valence-corrected chi connectivity index (χ4v) is 4.89. The second kappa shape index (κ2) is 9.16. The highest BCUT2D eigenvalue weighted by Crippen LogP contribution is 2.35.